The van der Waals surface area contributed by atoms with Crippen molar-refractivity contribution >= 4 is 17.3 Å². The zero-order valence-electron chi connectivity index (χ0n) is 13.2. The molecule has 1 aromatic carbocycles. The number of hydrogen-bond acceptors (Lipinski definition) is 4. The monoisotopic (exact) mass is 310 g/mol. The zero-order chi connectivity index (χ0) is 15.9. The van der Waals surface area contributed by atoms with Crippen molar-refractivity contribution in [1.82, 2.24) is 10.3 Å². The van der Waals surface area contributed by atoms with Crippen molar-refractivity contribution < 1.29 is 4.79 Å². The molecule has 1 amide bonds. The third-order valence-corrected chi connectivity index (χ3v) is 4.00. The molecule has 0 spiro atoms. The molecule has 23 heavy (non-hydrogen) atoms. The fourth-order valence-corrected chi connectivity index (χ4v) is 2.71. The SMILES string of the molecule is O=C(CNc1ccc(N2CCCC2)cc1)NCc1cccnc1. The van der Waals surface area contributed by atoms with Crippen molar-refractivity contribution in [3.05, 3.63) is 54.4 Å². The van der Waals surface area contributed by atoms with Crippen LogP contribution in [0.2, 0.25) is 0 Å². The summed E-state index contributed by atoms with van der Waals surface area (Å²) in [6.07, 6.45) is 6.03. The van der Waals surface area contributed by atoms with Crippen LogP contribution >= 0.6 is 0 Å². The topological polar surface area (TPSA) is 57.3 Å². The Balaban J connectivity index is 1.43. The van der Waals surface area contributed by atoms with Crippen LogP contribution in [0.5, 0.6) is 0 Å². The van der Waals surface area contributed by atoms with E-state index in [4.69, 9.17) is 0 Å². The van der Waals surface area contributed by atoms with E-state index in [1.807, 2.05) is 24.3 Å². The summed E-state index contributed by atoms with van der Waals surface area (Å²) in [5.41, 5.74) is 3.22. The van der Waals surface area contributed by atoms with Crippen molar-refractivity contribution in [3.63, 3.8) is 0 Å². The van der Waals surface area contributed by atoms with Gasteiger partial charge in [-0.05, 0) is 48.7 Å². The molecule has 0 atom stereocenters. The highest BCUT2D eigenvalue weighted by Crippen LogP contribution is 2.21. The smallest absolute Gasteiger partial charge is 0.239 e. The highest BCUT2D eigenvalue weighted by Gasteiger charge is 2.11. The molecule has 1 aliphatic heterocycles. The van der Waals surface area contributed by atoms with Crippen molar-refractivity contribution in [2.75, 3.05) is 29.9 Å². The maximum Gasteiger partial charge on any atom is 0.239 e. The van der Waals surface area contributed by atoms with Gasteiger partial charge in [-0.15, -0.1) is 0 Å². The van der Waals surface area contributed by atoms with Crippen molar-refractivity contribution in [1.29, 1.82) is 0 Å². The summed E-state index contributed by atoms with van der Waals surface area (Å²) in [4.78, 5) is 18.3. The van der Waals surface area contributed by atoms with Crippen LogP contribution in [0, 0.1) is 0 Å². The molecule has 1 saturated heterocycles. The zero-order valence-corrected chi connectivity index (χ0v) is 13.2. The molecule has 5 nitrogen and oxygen atoms in total. The predicted octanol–water partition coefficient (Wildman–Crippen LogP) is 2.41. The van der Waals surface area contributed by atoms with Crippen LogP contribution < -0.4 is 15.5 Å². The normalized spacial score (nSPS) is 13.8. The maximum absolute atomic E-state index is 11.9. The molecule has 1 fully saturated rings. The first-order valence-electron chi connectivity index (χ1n) is 8.06. The fourth-order valence-electron chi connectivity index (χ4n) is 2.71. The highest BCUT2D eigenvalue weighted by molar-refractivity contribution is 5.80. The predicted molar refractivity (Wildman–Crippen MR) is 92.5 cm³/mol. The standard InChI is InChI=1S/C18H22N4O/c23-18(21-13-15-4-3-9-19-12-15)14-20-16-5-7-17(8-6-16)22-10-1-2-11-22/h3-9,12,20H,1-2,10-11,13-14H2,(H,21,23). The molecule has 2 heterocycles. The number of pyridine rings is 1. The van der Waals surface area contributed by atoms with E-state index in [0.29, 0.717) is 6.54 Å². The lowest BCUT2D eigenvalue weighted by Crippen LogP contribution is -2.29. The van der Waals surface area contributed by atoms with E-state index in [0.717, 1.165) is 24.3 Å². The molecule has 2 aromatic rings. The van der Waals surface area contributed by atoms with Crippen molar-refractivity contribution in [2.24, 2.45) is 0 Å². The van der Waals surface area contributed by atoms with Crippen LogP contribution in [0.4, 0.5) is 11.4 Å². The van der Waals surface area contributed by atoms with Crippen molar-refractivity contribution in [2.45, 2.75) is 19.4 Å². The molecule has 2 N–H and O–H groups in total. The van der Waals surface area contributed by atoms with Crippen LogP contribution in [0.25, 0.3) is 0 Å². The first kappa shape index (κ1) is 15.3. The van der Waals surface area contributed by atoms with Gasteiger partial charge in [-0.1, -0.05) is 6.07 Å². The Hall–Kier alpha value is -2.56. The summed E-state index contributed by atoms with van der Waals surface area (Å²) in [6.45, 7) is 3.05. The molecule has 0 unspecified atom stereocenters. The minimum Gasteiger partial charge on any atom is -0.376 e. The van der Waals surface area contributed by atoms with E-state index in [1.54, 1.807) is 12.4 Å². The van der Waals surface area contributed by atoms with Crippen LogP contribution in [-0.4, -0.2) is 30.5 Å². The van der Waals surface area contributed by atoms with E-state index < -0.39 is 0 Å². The van der Waals surface area contributed by atoms with Crippen LogP contribution in [0.1, 0.15) is 18.4 Å². The number of hydrogen-bond donors (Lipinski definition) is 2. The number of nitrogens with zero attached hydrogens (tertiary/aromatic N) is 2. The number of carbonyl (C=O) groups is 1. The van der Waals surface area contributed by atoms with Gasteiger partial charge in [-0.2, -0.15) is 0 Å². The van der Waals surface area contributed by atoms with Crippen LogP contribution in [-0.2, 0) is 11.3 Å². The molecule has 0 saturated carbocycles. The molecular formula is C18H22N4O. The van der Waals surface area contributed by atoms with E-state index >= 15 is 0 Å². The van der Waals surface area contributed by atoms with Gasteiger partial charge < -0.3 is 15.5 Å². The Bertz CT molecular complexity index is 621. The number of amides is 1. The van der Waals surface area contributed by atoms with E-state index in [2.05, 4.69) is 32.7 Å². The average Bonchev–Trinajstić information content (AvgIpc) is 3.14. The number of rotatable bonds is 6. The molecule has 1 aromatic heterocycles. The maximum atomic E-state index is 11.9. The molecule has 0 bridgehead atoms. The van der Waals surface area contributed by atoms with Gasteiger partial charge in [0, 0.05) is 43.4 Å². The number of aromatic nitrogens is 1. The number of carbonyl (C=O) groups excluding carboxylic acids is 1. The molecule has 3 rings (SSSR count). The highest BCUT2D eigenvalue weighted by atomic mass is 16.1. The van der Waals surface area contributed by atoms with Crippen LogP contribution in [0.15, 0.2) is 48.8 Å². The molecule has 5 heteroatoms. The lowest BCUT2D eigenvalue weighted by atomic mass is 10.2. The fraction of sp³-hybridized carbons (Fsp3) is 0.333. The average molecular weight is 310 g/mol. The lowest BCUT2D eigenvalue weighted by molar-refractivity contribution is -0.119. The molecule has 0 aliphatic carbocycles. The van der Waals surface area contributed by atoms with Gasteiger partial charge in [0.1, 0.15) is 0 Å². The lowest BCUT2D eigenvalue weighted by Gasteiger charge is -2.18. The Morgan fingerprint density at radius 2 is 1.91 bits per heavy atom. The molecule has 120 valence electrons. The third kappa shape index (κ3) is 4.45. The number of nitrogens with one attached hydrogen (secondary N) is 2. The summed E-state index contributed by atoms with van der Waals surface area (Å²) in [5, 5.41) is 6.03. The summed E-state index contributed by atoms with van der Waals surface area (Å²) < 4.78 is 0. The minimum absolute atomic E-state index is 0.0301. The van der Waals surface area contributed by atoms with Gasteiger partial charge >= 0.3 is 0 Å². The Kier molecular flexibility index (Phi) is 5.09. The molecule has 1 aliphatic rings. The summed E-state index contributed by atoms with van der Waals surface area (Å²) >= 11 is 0. The molecule has 0 radical (unpaired) electrons. The van der Waals surface area contributed by atoms with Gasteiger partial charge in [0.2, 0.25) is 5.91 Å². The van der Waals surface area contributed by atoms with E-state index in [-0.39, 0.29) is 12.5 Å². The second-order valence-corrected chi connectivity index (χ2v) is 5.73. The number of benzene rings is 1. The minimum atomic E-state index is -0.0301. The largest absolute Gasteiger partial charge is 0.376 e. The Morgan fingerprint density at radius 1 is 1.13 bits per heavy atom. The summed E-state index contributed by atoms with van der Waals surface area (Å²) in [5.74, 6) is -0.0301. The second kappa shape index (κ2) is 7.63. The van der Waals surface area contributed by atoms with Gasteiger partial charge in [-0.3, -0.25) is 9.78 Å². The Morgan fingerprint density at radius 3 is 2.61 bits per heavy atom. The number of anilines is 2. The Labute approximate surface area is 136 Å². The first-order chi connectivity index (χ1) is 11.3. The second-order valence-electron chi connectivity index (χ2n) is 5.73. The van der Waals surface area contributed by atoms with Gasteiger partial charge in [-0.25, -0.2) is 0 Å². The molecular weight excluding hydrogens is 288 g/mol. The van der Waals surface area contributed by atoms with Gasteiger partial charge in [0.05, 0.1) is 6.54 Å². The van der Waals surface area contributed by atoms with Crippen molar-refractivity contribution in [3.8, 4) is 0 Å². The van der Waals surface area contributed by atoms with E-state index in [1.165, 1.54) is 18.5 Å². The summed E-state index contributed by atoms with van der Waals surface area (Å²) in [7, 11) is 0. The van der Waals surface area contributed by atoms with Gasteiger partial charge in [0.15, 0.2) is 0 Å². The first-order valence-corrected chi connectivity index (χ1v) is 8.06. The van der Waals surface area contributed by atoms with E-state index in [9.17, 15) is 4.79 Å². The van der Waals surface area contributed by atoms with Crippen LogP contribution in [0.3, 0.4) is 0 Å². The quantitative estimate of drug-likeness (QED) is 0.860. The third-order valence-electron chi connectivity index (χ3n) is 4.00. The van der Waals surface area contributed by atoms with Gasteiger partial charge in [0.25, 0.3) is 0 Å². The summed E-state index contributed by atoms with van der Waals surface area (Å²) in [6, 6.07) is 12.1.